The van der Waals surface area contributed by atoms with E-state index in [0.29, 0.717) is 5.69 Å². The summed E-state index contributed by atoms with van der Waals surface area (Å²) in [7, 11) is 0. The molecule has 1 aromatic carbocycles. The molecule has 1 fully saturated rings. The van der Waals surface area contributed by atoms with Crippen LogP contribution in [0, 0.1) is 6.92 Å². The summed E-state index contributed by atoms with van der Waals surface area (Å²) < 4.78 is 0.932. The van der Waals surface area contributed by atoms with Crippen molar-refractivity contribution in [2.75, 3.05) is 17.2 Å². The Balaban J connectivity index is 1.77. The summed E-state index contributed by atoms with van der Waals surface area (Å²) in [4.78, 5) is 30.1. The van der Waals surface area contributed by atoms with Gasteiger partial charge in [-0.3, -0.25) is 14.6 Å². The van der Waals surface area contributed by atoms with Crippen molar-refractivity contribution in [2.45, 2.75) is 18.6 Å². The van der Waals surface area contributed by atoms with Crippen molar-refractivity contribution in [3.05, 3.63) is 29.8 Å². The Morgan fingerprint density at radius 1 is 1.30 bits per heavy atom. The summed E-state index contributed by atoms with van der Waals surface area (Å²) in [5.41, 5.74) is 1.77. The van der Waals surface area contributed by atoms with Gasteiger partial charge in [0.2, 0.25) is 11.8 Å². The molecule has 104 valence electrons. The molecule has 6 heteroatoms. The molecule has 0 aliphatic carbocycles. The van der Waals surface area contributed by atoms with Gasteiger partial charge in [-0.2, -0.15) is 0 Å². The Morgan fingerprint density at radius 3 is 2.70 bits per heavy atom. The number of aliphatic imine (C=N–C) groups is 1. The Labute approximate surface area is 126 Å². The van der Waals surface area contributed by atoms with Crippen LogP contribution in [0.4, 0.5) is 5.69 Å². The maximum Gasteiger partial charge on any atom is 0.247 e. The highest BCUT2D eigenvalue weighted by molar-refractivity contribution is 8.39. The van der Waals surface area contributed by atoms with Crippen molar-refractivity contribution >= 4 is 45.4 Å². The molecule has 0 N–H and O–H groups in total. The number of hydrogen-bond acceptors (Lipinski definition) is 5. The SMILES string of the molecule is Cc1ccc(N2C(=O)C[C@@H](SC3=NCCS3)C2=O)cc1. The average molecular weight is 306 g/mol. The molecule has 2 aliphatic rings. The topological polar surface area (TPSA) is 49.7 Å². The fourth-order valence-electron chi connectivity index (χ4n) is 2.17. The first kappa shape index (κ1) is 13.7. The normalized spacial score (nSPS) is 22.6. The molecule has 4 nitrogen and oxygen atoms in total. The number of thioether (sulfide) groups is 2. The van der Waals surface area contributed by atoms with Crippen LogP contribution in [0.2, 0.25) is 0 Å². The van der Waals surface area contributed by atoms with Crippen LogP contribution >= 0.6 is 23.5 Å². The van der Waals surface area contributed by atoms with E-state index in [1.165, 1.54) is 16.7 Å². The highest BCUT2D eigenvalue weighted by atomic mass is 32.2. The standard InChI is InChI=1S/C14H14N2O2S2/c1-9-2-4-10(5-3-9)16-12(17)8-11(13(16)18)20-14-15-6-7-19-14/h2-5,11H,6-8H2,1H3/t11-/m1/s1. The number of rotatable bonds is 2. The molecule has 0 saturated carbocycles. The molecule has 0 bridgehead atoms. The molecular weight excluding hydrogens is 292 g/mol. The fraction of sp³-hybridized carbons (Fsp3) is 0.357. The molecule has 20 heavy (non-hydrogen) atoms. The number of nitrogens with zero attached hydrogens (tertiary/aromatic N) is 2. The number of aryl methyl sites for hydroxylation is 1. The number of anilines is 1. The molecule has 0 spiro atoms. The van der Waals surface area contributed by atoms with E-state index in [4.69, 9.17) is 0 Å². The second kappa shape index (κ2) is 5.61. The first-order valence-corrected chi connectivity index (χ1v) is 8.29. The third-order valence-electron chi connectivity index (χ3n) is 3.20. The first-order chi connectivity index (χ1) is 9.65. The monoisotopic (exact) mass is 306 g/mol. The minimum atomic E-state index is -0.326. The predicted molar refractivity (Wildman–Crippen MR) is 84.4 cm³/mol. The highest BCUT2D eigenvalue weighted by Gasteiger charge is 2.40. The van der Waals surface area contributed by atoms with Gasteiger partial charge in [0, 0.05) is 12.2 Å². The summed E-state index contributed by atoms with van der Waals surface area (Å²) in [6, 6.07) is 7.46. The second-order valence-corrected chi connectivity index (χ2v) is 7.24. The van der Waals surface area contributed by atoms with E-state index < -0.39 is 0 Å². The predicted octanol–water partition coefficient (Wildman–Crippen LogP) is 2.46. The number of carbonyl (C=O) groups is 2. The molecule has 0 radical (unpaired) electrons. The minimum absolute atomic E-state index is 0.125. The lowest BCUT2D eigenvalue weighted by Crippen LogP contribution is -2.31. The van der Waals surface area contributed by atoms with Crippen LogP contribution in [0.5, 0.6) is 0 Å². The van der Waals surface area contributed by atoms with Crippen molar-refractivity contribution < 1.29 is 9.59 Å². The first-order valence-electron chi connectivity index (χ1n) is 6.42. The van der Waals surface area contributed by atoms with E-state index in [9.17, 15) is 9.59 Å². The van der Waals surface area contributed by atoms with Gasteiger partial charge >= 0.3 is 0 Å². The van der Waals surface area contributed by atoms with E-state index in [1.807, 2.05) is 31.2 Å². The van der Waals surface area contributed by atoms with Crippen molar-refractivity contribution in [3.63, 3.8) is 0 Å². The Morgan fingerprint density at radius 2 is 2.05 bits per heavy atom. The van der Waals surface area contributed by atoms with Crippen molar-refractivity contribution in [1.29, 1.82) is 0 Å². The Hall–Kier alpha value is -1.27. The van der Waals surface area contributed by atoms with E-state index in [2.05, 4.69) is 4.99 Å². The summed E-state index contributed by atoms with van der Waals surface area (Å²) >= 11 is 3.09. The van der Waals surface area contributed by atoms with Gasteiger partial charge in [-0.15, -0.1) is 0 Å². The van der Waals surface area contributed by atoms with E-state index in [1.54, 1.807) is 11.8 Å². The molecule has 2 amide bonds. The molecule has 2 aliphatic heterocycles. The molecule has 0 aromatic heterocycles. The Kier molecular flexibility index (Phi) is 3.85. The molecule has 3 rings (SSSR count). The van der Waals surface area contributed by atoms with Gasteiger partial charge in [0.15, 0.2) is 0 Å². The van der Waals surface area contributed by atoms with Crippen LogP contribution < -0.4 is 4.90 Å². The largest absolute Gasteiger partial charge is 0.274 e. The maximum atomic E-state index is 12.4. The van der Waals surface area contributed by atoms with E-state index in [-0.39, 0.29) is 23.5 Å². The van der Waals surface area contributed by atoms with Crippen LogP contribution in [0.3, 0.4) is 0 Å². The summed E-state index contributed by atoms with van der Waals surface area (Å²) in [5.74, 6) is 0.720. The molecule has 1 aromatic rings. The van der Waals surface area contributed by atoms with Gasteiger partial charge in [-0.25, -0.2) is 4.90 Å². The van der Waals surface area contributed by atoms with E-state index >= 15 is 0 Å². The van der Waals surface area contributed by atoms with Gasteiger partial charge in [0.1, 0.15) is 9.63 Å². The van der Waals surface area contributed by atoms with Gasteiger partial charge < -0.3 is 0 Å². The molecule has 0 unspecified atom stereocenters. The van der Waals surface area contributed by atoms with Crippen molar-refractivity contribution in [2.24, 2.45) is 4.99 Å². The lowest BCUT2D eigenvalue weighted by Gasteiger charge is -2.15. The smallest absolute Gasteiger partial charge is 0.247 e. The summed E-state index contributed by atoms with van der Waals surface area (Å²) in [5, 5.41) is -0.326. The van der Waals surface area contributed by atoms with Crippen LogP contribution in [-0.4, -0.2) is 33.7 Å². The van der Waals surface area contributed by atoms with Crippen LogP contribution in [0.1, 0.15) is 12.0 Å². The number of amides is 2. The van der Waals surface area contributed by atoms with Crippen LogP contribution in [0.15, 0.2) is 29.3 Å². The van der Waals surface area contributed by atoms with Crippen molar-refractivity contribution in [3.8, 4) is 0 Å². The third-order valence-corrected chi connectivity index (χ3v) is 5.59. The fourth-order valence-corrected chi connectivity index (χ4v) is 4.42. The maximum absolute atomic E-state index is 12.4. The summed E-state index contributed by atoms with van der Waals surface area (Å²) in [6.45, 7) is 2.79. The highest BCUT2D eigenvalue weighted by Crippen LogP contribution is 2.34. The van der Waals surface area contributed by atoms with Crippen LogP contribution in [0.25, 0.3) is 0 Å². The lowest BCUT2D eigenvalue weighted by molar-refractivity contribution is -0.121. The Bertz CT molecular complexity index is 583. The summed E-state index contributed by atoms with van der Waals surface area (Å²) in [6.07, 6.45) is 0.261. The second-order valence-electron chi connectivity index (χ2n) is 4.71. The molecule has 2 heterocycles. The number of benzene rings is 1. The number of carbonyl (C=O) groups excluding carboxylic acids is 2. The quantitative estimate of drug-likeness (QED) is 0.788. The van der Waals surface area contributed by atoms with Crippen LogP contribution in [-0.2, 0) is 9.59 Å². The van der Waals surface area contributed by atoms with Gasteiger partial charge in [-0.1, -0.05) is 41.2 Å². The van der Waals surface area contributed by atoms with Crippen molar-refractivity contribution in [1.82, 2.24) is 0 Å². The average Bonchev–Trinajstić information content (AvgIpc) is 3.02. The zero-order valence-electron chi connectivity index (χ0n) is 11.0. The zero-order valence-corrected chi connectivity index (χ0v) is 12.7. The van der Waals surface area contributed by atoms with E-state index in [0.717, 1.165) is 22.2 Å². The number of hydrogen-bond donors (Lipinski definition) is 0. The molecule has 1 saturated heterocycles. The minimum Gasteiger partial charge on any atom is -0.274 e. The van der Waals surface area contributed by atoms with Gasteiger partial charge in [-0.05, 0) is 19.1 Å². The molecule has 1 atom stereocenters. The molecular formula is C14H14N2O2S2. The third kappa shape index (κ3) is 2.62. The van der Waals surface area contributed by atoms with Gasteiger partial charge in [0.25, 0.3) is 0 Å². The zero-order chi connectivity index (χ0) is 14.1. The number of imide groups is 1. The lowest BCUT2D eigenvalue weighted by atomic mass is 10.2. The van der Waals surface area contributed by atoms with Gasteiger partial charge in [0.05, 0.1) is 12.2 Å².